The van der Waals surface area contributed by atoms with Gasteiger partial charge in [-0.25, -0.2) is 12.8 Å². The van der Waals surface area contributed by atoms with Crippen LogP contribution in [0.15, 0.2) is 53.4 Å². The van der Waals surface area contributed by atoms with Crippen LogP contribution in [0, 0.1) is 5.82 Å². The number of rotatable bonds is 4. The molecule has 26 heavy (non-hydrogen) atoms. The lowest BCUT2D eigenvalue weighted by Gasteiger charge is -2.40. The standard InChI is InChI=1S/C19H23FN2O3S/c1-14-13-21(18-7-5-17(20)6-8-18)11-12-22(14)26(24,25)19-9-3-16(4-10-19)15(2)23/h3-10,14-15,23H,11-13H2,1-2H3/t14-,15?/m1/s1. The molecule has 1 fully saturated rings. The zero-order valence-corrected chi connectivity index (χ0v) is 15.7. The minimum atomic E-state index is -3.60. The molecule has 1 aliphatic heterocycles. The van der Waals surface area contributed by atoms with Gasteiger partial charge in [0.1, 0.15) is 5.82 Å². The monoisotopic (exact) mass is 378 g/mol. The average molecular weight is 378 g/mol. The van der Waals surface area contributed by atoms with E-state index < -0.39 is 16.1 Å². The van der Waals surface area contributed by atoms with Crippen LogP contribution in [0.5, 0.6) is 0 Å². The molecule has 0 radical (unpaired) electrons. The van der Waals surface area contributed by atoms with Crippen LogP contribution in [-0.2, 0) is 10.0 Å². The van der Waals surface area contributed by atoms with E-state index in [0.717, 1.165) is 5.69 Å². The predicted molar refractivity (Wildman–Crippen MR) is 99.0 cm³/mol. The van der Waals surface area contributed by atoms with Crippen LogP contribution in [0.25, 0.3) is 0 Å². The van der Waals surface area contributed by atoms with Crippen molar-refractivity contribution in [2.75, 3.05) is 24.5 Å². The summed E-state index contributed by atoms with van der Waals surface area (Å²) in [6.07, 6.45) is -0.634. The van der Waals surface area contributed by atoms with Gasteiger partial charge in [0.2, 0.25) is 10.0 Å². The van der Waals surface area contributed by atoms with Crippen molar-refractivity contribution in [3.05, 3.63) is 59.9 Å². The lowest BCUT2D eigenvalue weighted by Crippen LogP contribution is -2.54. The minimum Gasteiger partial charge on any atom is -0.389 e. The number of aliphatic hydroxyl groups excluding tert-OH is 1. The smallest absolute Gasteiger partial charge is 0.243 e. The van der Waals surface area contributed by atoms with Crippen LogP contribution >= 0.6 is 0 Å². The lowest BCUT2D eigenvalue weighted by atomic mass is 10.1. The van der Waals surface area contributed by atoms with E-state index in [4.69, 9.17) is 0 Å². The minimum absolute atomic E-state index is 0.213. The van der Waals surface area contributed by atoms with Gasteiger partial charge in [0.15, 0.2) is 0 Å². The van der Waals surface area contributed by atoms with Gasteiger partial charge in [-0.1, -0.05) is 12.1 Å². The molecule has 0 bridgehead atoms. The highest BCUT2D eigenvalue weighted by atomic mass is 32.2. The Hall–Kier alpha value is -1.96. The summed E-state index contributed by atoms with van der Waals surface area (Å²) in [7, 11) is -3.60. The Bertz CT molecular complexity index is 851. The number of anilines is 1. The molecule has 2 atom stereocenters. The van der Waals surface area contributed by atoms with E-state index in [-0.39, 0.29) is 16.8 Å². The zero-order valence-electron chi connectivity index (χ0n) is 14.8. The Morgan fingerprint density at radius 2 is 1.69 bits per heavy atom. The summed E-state index contributed by atoms with van der Waals surface area (Å²) in [5.41, 5.74) is 1.56. The third-order valence-electron chi connectivity index (χ3n) is 4.73. The van der Waals surface area contributed by atoms with Crippen LogP contribution in [-0.4, -0.2) is 43.5 Å². The van der Waals surface area contributed by atoms with Gasteiger partial charge in [0, 0.05) is 31.4 Å². The van der Waals surface area contributed by atoms with Gasteiger partial charge in [-0.2, -0.15) is 4.31 Å². The summed E-state index contributed by atoms with van der Waals surface area (Å²) in [6.45, 7) is 4.95. The first-order chi connectivity index (χ1) is 12.3. The molecule has 3 rings (SSSR count). The molecule has 1 unspecified atom stereocenters. The third kappa shape index (κ3) is 3.75. The van der Waals surface area contributed by atoms with Crippen molar-refractivity contribution in [2.24, 2.45) is 0 Å². The predicted octanol–water partition coefficient (Wildman–Crippen LogP) is 2.78. The fourth-order valence-electron chi connectivity index (χ4n) is 3.24. The number of benzene rings is 2. The summed E-state index contributed by atoms with van der Waals surface area (Å²) in [4.78, 5) is 2.29. The van der Waals surface area contributed by atoms with Crippen molar-refractivity contribution >= 4 is 15.7 Å². The van der Waals surface area contributed by atoms with Gasteiger partial charge in [0.25, 0.3) is 0 Å². The fraction of sp³-hybridized carbons (Fsp3) is 0.368. The Kier molecular flexibility index (Phi) is 5.32. The second-order valence-electron chi connectivity index (χ2n) is 6.63. The Morgan fingerprint density at radius 1 is 1.08 bits per heavy atom. The summed E-state index contributed by atoms with van der Waals surface area (Å²) in [6, 6.07) is 12.4. The van der Waals surface area contributed by atoms with E-state index in [0.29, 0.717) is 25.2 Å². The highest BCUT2D eigenvalue weighted by Gasteiger charge is 2.33. The molecule has 1 saturated heterocycles. The SMILES string of the molecule is CC(O)c1ccc(S(=O)(=O)N2CCN(c3ccc(F)cc3)C[C@H]2C)cc1. The van der Waals surface area contributed by atoms with Crippen LogP contribution in [0.4, 0.5) is 10.1 Å². The molecule has 1 heterocycles. The number of hydrogen-bond acceptors (Lipinski definition) is 4. The second kappa shape index (κ2) is 7.34. The quantitative estimate of drug-likeness (QED) is 0.889. The van der Waals surface area contributed by atoms with Crippen molar-refractivity contribution < 1.29 is 17.9 Å². The van der Waals surface area contributed by atoms with E-state index >= 15 is 0 Å². The van der Waals surface area contributed by atoms with Gasteiger partial charge < -0.3 is 10.0 Å². The number of hydrogen-bond donors (Lipinski definition) is 1. The van der Waals surface area contributed by atoms with Crippen molar-refractivity contribution in [1.29, 1.82) is 0 Å². The molecule has 1 N–H and O–H groups in total. The van der Waals surface area contributed by atoms with E-state index in [1.807, 2.05) is 6.92 Å². The van der Waals surface area contributed by atoms with E-state index in [1.54, 1.807) is 31.2 Å². The summed E-state index contributed by atoms with van der Waals surface area (Å²) < 4.78 is 40.5. The van der Waals surface area contributed by atoms with Crippen molar-refractivity contribution in [2.45, 2.75) is 30.9 Å². The number of piperazine rings is 1. The first-order valence-electron chi connectivity index (χ1n) is 8.59. The largest absolute Gasteiger partial charge is 0.389 e. The molecule has 5 nitrogen and oxygen atoms in total. The number of sulfonamides is 1. The van der Waals surface area contributed by atoms with Gasteiger partial charge in [-0.05, 0) is 55.8 Å². The molecule has 0 aromatic heterocycles. The molecular weight excluding hydrogens is 355 g/mol. The van der Waals surface area contributed by atoms with Gasteiger partial charge in [0.05, 0.1) is 11.0 Å². The van der Waals surface area contributed by atoms with E-state index in [1.165, 1.54) is 28.6 Å². The Morgan fingerprint density at radius 3 is 2.23 bits per heavy atom. The van der Waals surface area contributed by atoms with Crippen LogP contribution in [0.3, 0.4) is 0 Å². The van der Waals surface area contributed by atoms with Gasteiger partial charge in [-0.15, -0.1) is 0 Å². The molecule has 2 aromatic rings. The Balaban J connectivity index is 1.76. The van der Waals surface area contributed by atoms with E-state index in [9.17, 15) is 17.9 Å². The van der Waals surface area contributed by atoms with Crippen LogP contribution in [0.2, 0.25) is 0 Å². The van der Waals surface area contributed by atoms with Crippen LogP contribution < -0.4 is 4.90 Å². The fourth-order valence-corrected chi connectivity index (χ4v) is 4.85. The molecule has 0 spiro atoms. The first-order valence-corrected chi connectivity index (χ1v) is 10.0. The molecule has 140 valence electrons. The molecule has 2 aromatic carbocycles. The van der Waals surface area contributed by atoms with Crippen molar-refractivity contribution in [1.82, 2.24) is 4.31 Å². The number of nitrogens with zero attached hydrogens (tertiary/aromatic N) is 2. The van der Waals surface area contributed by atoms with Gasteiger partial charge >= 0.3 is 0 Å². The number of aliphatic hydroxyl groups is 1. The zero-order chi connectivity index (χ0) is 18.9. The highest BCUT2D eigenvalue weighted by molar-refractivity contribution is 7.89. The maximum Gasteiger partial charge on any atom is 0.243 e. The summed E-state index contributed by atoms with van der Waals surface area (Å²) in [5, 5.41) is 9.57. The molecule has 7 heteroatoms. The summed E-state index contributed by atoms with van der Waals surface area (Å²) >= 11 is 0. The molecule has 1 aliphatic rings. The maximum atomic E-state index is 13.1. The first kappa shape index (κ1) is 18.8. The maximum absolute atomic E-state index is 13.1. The number of halogens is 1. The topological polar surface area (TPSA) is 60.9 Å². The molecular formula is C19H23FN2O3S. The second-order valence-corrected chi connectivity index (χ2v) is 8.52. The van der Waals surface area contributed by atoms with Gasteiger partial charge in [-0.3, -0.25) is 0 Å². The molecule has 0 saturated carbocycles. The lowest BCUT2D eigenvalue weighted by molar-refractivity contribution is 0.199. The third-order valence-corrected chi connectivity index (χ3v) is 6.76. The highest BCUT2D eigenvalue weighted by Crippen LogP contribution is 2.25. The average Bonchev–Trinajstić information content (AvgIpc) is 2.62. The van der Waals surface area contributed by atoms with Crippen molar-refractivity contribution in [3.63, 3.8) is 0 Å². The summed E-state index contributed by atoms with van der Waals surface area (Å²) in [5.74, 6) is -0.288. The normalized spacial score (nSPS) is 20.2. The van der Waals surface area contributed by atoms with Crippen LogP contribution in [0.1, 0.15) is 25.5 Å². The van der Waals surface area contributed by atoms with E-state index in [2.05, 4.69) is 4.90 Å². The Labute approximate surface area is 153 Å². The van der Waals surface area contributed by atoms with Crippen molar-refractivity contribution in [3.8, 4) is 0 Å². The molecule has 0 amide bonds. The molecule has 0 aliphatic carbocycles.